The Morgan fingerprint density at radius 2 is 0.854 bits per heavy atom. The van der Waals surface area contributed by atoms with Gasteiger partial charge in [-0.1, -0.05) is 162 Å². The summed E-state index contributed by atoms with van der Waals surface area (Å²) in [6.07, 6.45) is 0. The quantitative estimate of drug-likeness (QED) is 0.201. The van der Waals surface area contributed by atoms with Gasteiger partial charge in [0.15, 0.2) is 0 Å². The highest BCUT2D eigenvalue weighted by Crippen LogP contribution is 2.34. The fourth-order valence-electron chi connectivity index (χ4n) is 7.95. The summed E-state index contributed by atoms with van der Waals surface area (Å²) in [5, 5.41) is 0. The summed E-state index contributed by atoms with van der Waals surface area (Å²) in [6, 6.07) is 56.2. The lowest BCUT2D eigenvalue weighted by Crippen LogP contribution is -2.61. The van der Waals surface area contributed by atoms with Gasteiger partial charge < -0.3 is 9.47 Å². The van der Waals surface area contributed by atoms with Gasteiger partial charge in [-0.05, 0) is 70.7 Å². The van der Waals surface area contributed by atoms with E-state index in [-0.39, 0.29) is 13.4 Å². The molecule has 0 bridgehead atoms. The molecule has 48 heavy (non-hydrogen) atoms. The molecule has 0 amide bonds. The molecule has 0 saturated heterocycles. The second-order valence-corrected chi connectivity index (χ2v) is 12.8. The van der Waals surface area contributed by atoms with E-state index in [2.05, 4.69) is 172 Å². The van der Waals surface area contributed by atoms with Gasteiger partial charge in [-0.3, -0.25) is 0 Å². The maximum Gasteiger partial charge on any atom is 0.256 e. The van der Waals surface area contributed by atoms with Crippen molar-refractivity contribution in [3.05, 3.63) is 169 Å². The number of para-hydroxylation sites is 2. The normalized spacial score (nSPS) is 12.6. The fraction of sp³-hybridized carbons (Fsp3) is 0.0455. The molecule has 0 spiro atoms. The maximum absolute atomic E-state index is 7.09. The Hall–Kier alpha value is -5.73. The SMILES string of the molecule is Cc1cccc(-c2ccccc2)c1B1c2ccccc2Oc2c1ccc1c2B(c2c(C)cccc2-c2ccccc2)c2ccccc2O1. The monoisotopic (exact) mass is 614 g/mol. The lowest BCUT2D eigenvalue weighted by atomic mass is 9.31. The van der Waals surface area contributed by atoms with Crippen molar-refractivity contribution >= 4 is 46.2 Å². The molecule has 2 aliphatic rings. The Balaban J connectivity index is 1.35. The van der Waals surface area contributed by atoms with Crippen molar-refractivity contribution in [2.45, 2.75) is 13.8 Å². The van der Waals surface area contributed by atoms with E-state index in [0.717, 1.165) is 39.4 Å². The molecule has 9 rings (SSSR count). The zero-order valence-corrected chi connectivity index (χ0v) is 27.0. The molecular weight excluding hydrogens is 582 g/mol. The van der Waals surface area contributed by atoms with Gasteiger partial charge in [0.05, 0.1) is 0 Å². The standard InChI is InChI=1S/C44H32B2O2/c1-29-15-13-21-33(31-17-5-3-6-18-31)41(29)45-35-23-9-12-26-39(35)48-44-37(45)27-28-40-43(44)46(36-24-10-11-25-38(36)47-40)42-30(2)16-14-22-34(42)32-19-7-4-8-20-32/h3-28H,1-2H3. The molecule has 4 heteroatoms. The summed E-state index contributed by atoms with van der Waals surface area (Å²) in [5.41, 5.74) is 14.5. The van der Waals surface area contributed by atoms with Crippen LogP contribution in [0.4, 0.5) is 0 Å². The van der Waals surface area contributed by atoms with Gasteiger partial charge in [0.1, 0.15) is 23.0 Å². The average Bonchev–Trinajstić information content (AvgIpc) is 3.14. The first-order chi connectivity index (χ1) is 23.7. The van der Waals surface area contributed by atoms with Crippen LogP contribution < -0.4 is 42.3 Å². The smallest absolute Gasteiger partial charge is 0.256 e. The van der Waals surface area contributed by atoms with Crippen LogP contribution in [0.25, 0.3) is 22.3 Å². The Bertz CT molecular complexity index is 2330. The van der Waals surface area contributed by atoms with Gasteiger partial charge in [0.25, 0.3) is 13.4 Å². The maximum atomic E-state index is 7.09. The molecule has 0 saturated carbocycles. The fourth-order valence-corrected chi connectivity index (χ4v) is 7.95. The minimum absolute atomic E-state index is 0.0325. The molecule has 0 atom stereocenters. The van der Waals surface area contributed by atoms with Gasteiger partial charge in [0.2, 0.25) is 0 Å². The minimum atomic E-state index is -0.104. The van der Waals surface area contributed by atoms with E-state index in [1.165, 1.54) is 49.8 Å². The van der Waals surface area contributed by atoms with Crippen LogP contribution in [0.2, 0.25) is 0 Å². The van der Waals surface area contributed by atoms with E-state index < -0.39 is 0 Å². The predicted molar refractivity (Wildman–Crippen MR) is 202 cm³/mol. The van der Waals surface area contributed by atoms with Gasteiger partial charge >= 0.3 is 0 Å². The number of fused-ring (bicyclic) bond motifs is 5. The van der Waals surface area contributed by atoms with Gasteiger partial charge in [0, 0.05) is 5.46 Å². The van der Waals surface area contributed by atoms with Crippen LogP contribution in [-0.2, 0) is 0 Å². The topological polar surface area (TPSA) is 18.5 Å². The molecule has 0 N–H and O–H groups in total. The summed E-state index contributed by atoms with van der Waals surface area (Å²) >= 11 is 0. The molecule has 0 radical (unpaired) electrons. The van der Waals surface area contributed by atoms with E-state index >= 15 is 0 Å². The third kappa shape index (κ3) is 4.52. The highest BCUT2D eigenvalue weighted by molar-refractivity contribution is 7.01. The molecule has 0 aliphatic carbocycles. The third-order valence-electron chi connectivity index (χ3n) is 10.1. The number of hydrogen-bond acceptors (Lipinski definition) is 2. The molecular formula is C44H32B2O2. The number of ether oxygens (including phenoxy) is 2. The summed E-state index contributed by atoms with van der Waals surface area (Å²) in [6.45, 7) is 4.33. The summed E-state index contributed by atoms with van der Waals surface area (Å²) in [4.78, 5) is 0. The largest absolute Gasteiger partial charge is 0.459 e. The van der Waals surface area contributed by atoms with Crippen LogP contribution >= 0.6 is 0 Å². The third-order valence-corrected chi connectivity index (χ3v) is 10.1. The molecule has 2 aliphatic heterocycles. The van der Waals surface area contributed by atoms with Crippen LogP contribution in [0.3, 0.4) is 0 Å². The van der Waals surface area contributed by atoms with Crippen molar-refractivity contribution in [2.24, 2.45) is 0 Å². The molecule has 2 heterocycles. The van der Waals surface area contributed by atoms with Gasteiger partial charge in [-0.15, -0.1) is 0 Å². The minimum Gasteiger partial charge on any atom is -0.459 e. The van der Waals surface area contributed by atoms with Gasteiger partial charge in [-0.25, -0.2) is 0 Å². The van der Waals surface area contributed by atoms with Crippen molar-refractivity contribution < 1.29 is 9.47 Å². The molecule has 0 aromatic heterocycles. The Morgan fingerprint density at radius 1 is 0.354 bits per heavy atom. The highest BCUT2D eigenvalue weighted by atomic mass is 16.5. The van der Waals surface area contributed by atoms with Crippen LogP contribution in [0.5, 0.6) is 23.0 Å². The molecule has 0 unspecified atom stereocenters. The zero-order chi connectivity index (χ0) is 32.2. The number of hydrogen-bond donors (Lipinski definition) is 0. The van der Waals surface area contributed by atoms with Crippen molar-refractivity contribution in [3.63, 3.8) is 0 Å². The van der Waals surface area contributed by atoms with E-state index in [1.54, 1.807) is 0 Å². The molecule has 0 fully saturated rings. The Morgan fingerprint density at radius 3 is 1.46 bits per heavy atom. The van der Waals surface area contributed by atoms with Crippen molar-refractivity contribution in [3.8, 4) is 45.3 Å². The Kier molecular flexibility index (Phi) is 6.83. The first-order valence-corrected chi connectivity index (χ1v) is 16.7. The number of benzene rings is 7. The van der Waals surface area contributed by atoms with Crippen LogP contribution in [0, 0.1) is 13.8 Å². The lowest BCUT2D eigenvalue weighted by molar-refractivity contribution is 0.469. The van der Waals surface area contributed by atoms with Crippen LogP contribution in [0.1, 0.15) is 11.1 Å². The second kappa shape index (κ2) is 11.5. The van der Waals surface area contributed by atoms with Gasteiger partial charge in [-0.2, -0.15) is 0 Å². The van der Waals surface area contributed by atoms with E-state index in [0.29, 0.717) is 0 Å². The van der Waals surface area contributed by atoms with Crippen molar-refractivity contribution in [1.29, 1.82) is 0 Å². The molecule has 2 nitrogen and oxygen atoms in total. The second-order valence-electron chi connectivity index (χ2n) is 12.8. The summed E-state index contributed by atoms with van der Waals surface area (Å²) < 4.78 is 13.8. The highest BCUT2D eigenvalue weighted by Gasteiger charge is 2.43. The van der Waals surface area contributed by atoms with Crippen LogP contribution in [-0.4, -0.2) is 13.4 Å². The average molecular weight is 614 g/mol. The first kappa shape index (κ1) is 28.5. The van der Waals surface area contributed by atoms with Crippen molar-refractivity contribution in [2.75, 3.05) is 0 Å². The van der Waals surface area contributed by atoms with E-state index in [9.17, 15) is 0 Å². The van der Waals surface area contributed by atoms with Crippen LogP contribution in [0.15, 0.2) is 158 Å². The zero-order valence-electron chi connectivity index (χ0n) is 27.0. The number of aryl methyl sites for hydroxylation is 2. The molecule has 7 aromatic rings. The molecule has 226 valence electrons. The predicted octanol–water partition coefficient (Wildman–Crippen LogP) is 6.88. The summed E-state index contributed by atoms with van der Waals surface area (Å²) in [7, 11) is 0. The number of rotatable bonds is 4. The Labute approximate surface area is 282 Å². The van der Waals surface area contributed by atoms with E-state index in [1.807, 2.05) is 0 Å². The van der Waals surface area contributed by atoms with E-state index in [4.69, 9.17) is 9.47 Å². The van der Waals surface area contributed by atoms with Crippen molar-refractivity contribution in [1.82, 2.24) is 0 Å². The first-order valence-electron chi connectivity index (χ1n) is 16.7. The molecule has 7 aromatic carbocycles. The summed E-state index contributed by atoms with van der Waals surface area (Å²) in [5.74, 6) is 3.50. The lowest BCUT2D eigenvalue weighted by Gasteiger charge is -2.35.